The van der Waals surface area contributed by atoms with Gasteiger partial charge in [0.1, 0.15) is 0 Å². The average molecular weight is 237 g/mol. The summed E-state index contributed by atoms with van der Waals surface area (Å²) in [6, 6.07) is 1.85. The van der Waals surface area contributed by atoms with Gasteiger partial charge in [-0.1, -0.05) is 0 Å². The molecule has 1 heterocycles. The van der Waals surface area contributed by atoms with Crippen LogP contribution in [-0.2, 0) is 4.79 Å². The van der Waals surface area contributed by atoms with E-state index >= 15 is 0 Å². The third-order valence-electron chi connectivity index (χ3n) is 2.37. The Morgan fingerprint density at radius 3 is 2.88 bits per heavy atom. The number of nitrogens with zero attached hydrogens (tertiary/aromatic N) is 2. The van der Waals surface area contributed by atoms with Gasteiger partial charge in [0.25, 0.3) is 0 Å². The van der Waals surface area contributed by atoms with Crippen molar-refractivity contribution in [3.05, 3.63) is 18.5 Å². The molecule has 0 aliphatic heterocycles. The number of nitrogens with one attached hydrogen (secondary N) is 1. The Labute approximate surface area is 101 Å². The number of pyridine rings is 1. The zero-order chi connectivity index (χ0) is 12.7. The molecule has 0 unspecified atom stereocenters. The van der Waals surface area contributed by atoms with Crippen molar-refractivity contribution in [1.29, 1.82) is 0 Å². The van der Waals surface area contributed by atoms with Crippen molar-refractivity contribution in [3.63, 3.8) is 0 Å². The summed E-state index contributed by atoms with van der Waals surface area (Å²) < 4.78 is 0. The van der Waals surface area contributed by atoms with Gasteiger partial charge in [-0.25, -0.2) is 0 Å². The summed E-state index contributed by atoms with van der Waals surface area (Å²) in [5, 5.41) is 11.5. The molecule has 0 aromatic carbocycles. The molecule has 0 saturated carbocycles. The van der Waals surface area contributed by atoms with Gasteiger partial charge in [0.2, 0.25) is 5.91 Å². The lowest BCUT2D eigenvalue weighted by Crippen LogP contribution is -2.16. The Morgan fingerprint density at radius 2 is 2.24 bits per heavy atom. The van der Waals surface area contributed by atoms with Crippen LogP contribution in [0.4, 0.5) is 11.4 Å². The number of aromatic nitrogens is 1. The Kier molecular flexibility index (Phi) is 5.42. The maximum atomic E-state index is 11.6. The van der Waals surface area contributed by atoms with E-state index in [0.717, 1.165) is 5.69 Å². The highest BCUT2D eigenvalue weighted by molar-refractivity contribution is 5.93. The number of hydrogen-bond donors (Lipinski definition) is 2. The van der Waals surface area contributed by atoms with E-state index in [0.29, 0.717) is 24.9 Å². The normalized spacial score (nSPS) is 10.1. The quantitative estimate of drug-likeness (QED) is 0.731. The number of carbonyl (C=O) groups excluding carboxylic acids is 1. The first-order valence-electron chi connectivity index (χ1n) is 5.67. The molecule has 5 nitrogen and oxygen atoms in total. The van der Waals surface area contributed by atoms with Crippen molar-refractivity contribution in [1.82, 2.24) is 4.98 Å². The molecule has 0 spiro atoms. The molecular weight excluding hydrogens is 218 g/mol. The van der Waals surface area contributed by atoms with Gasteiger partial charge in [-0.15, -0.1) is 0 Å². The Bertz CT molecular complexity index is 367. The molecular formula is C12H19N3O2. The fraction of sp³-hybridized carbons (Fsp3) is 0.500. The number of amides is 1. The minimum Gasteiger partial charge on any atom is -0.396 e. The van der Waals surface area contributed by atoms with Crippen molar-refractivity contribution in [3.8, 4) is 0 Å². The molecule has 1 aromatic heterocycles. The van der Waals surface area contributed by atoms with Crippen LogP contribution >= 0.6 is 0 Å². The predicted molar refractivity (Wildman–Crippen MR) is 68.1 cm³/mol. The van der Waals surface area contributed by atoms with Crippen LogP contribution in [0, 0.1) is 0 Å². The largest absolute Gasteiger partial charge is 0.396 e. The van der Waals surface area contributed by atoms with Gasteiger partial charge in [-0.2, -0.15) is 0 Å². The number of aliphatic hydroxyl groups excluding tert-OH is 1. The van der Waals surface area contributed by atoms with Crippen molar-refractivity contribution in [2.75, 3.05) is 30.9 Å². The Balaban J connectivity index is 2.58. The first kappa shape index (κ1) is 13.4. The van der Waals surface area contributed by atoms with Crippen LogP contribution in [-0.4, -0.2) is 36.7 Å². The maximum Gasteiger partial charge on any atom is 0.224 e. The van der Waals surface area contributed by atoms with E-state index in [4.69, 9.17) is 5.11 Å². The van der Waals surface area contributed by atoms with Crippen molar-refractivity contribution >= 4 is 17.3 Å². The zero-order valence-corrected chi connectivity index (χ0v) is 10.3. The SMILES string of the molecule is CN(C)c1ccncc1NC(=O)CCCCO. The Morgan fingerprint density at radius 1 is 1.47 bits per heavy atom. The van der Waals surface area contributed by atoms with Crippen molar-refractivity contribution in [2.24, 2.45) is 0 Å². The maximum absolute atomic E-state index is 11.6. The van der Waals surface area contributed by atoms with E-state index in [1.165, 1.54) is 0 Å². The summed E-state index contributed by atoms with van der Waals surface area (Å²) in [7, 11) is 3.83. The summed E-state index contributed by atoms with van der Waals surface area (Å²) in [5.41, 5.74) is 1.64. The van der Waals surface area contributed by atoms with Crippen LogP contribution in [0.25, 0.3) is 0 Å². The minimum atomic E-state index is -0.0467. The van der Waals surface area contributed by atoms with Gasteiger partial charge < -0.3 is 15.3 Å². The third kappa shape index (κ3) is 4.40. The third-order valence-corrected chi connectivity index (χ3v) is 2.37. The van der Waals surface area contributed by atoms with E-state index in [-0.39, 0.29) is 12.5 Å². The summed E-state index contributed by atoms with van der Waals surface area (Å²) >= 11 is 0. The summed E-state index contributed by atoms with van der Waals surface area (Å²) in [5.74, 6) is -0.0467. The summed E-state index contributed by atoms with van der Waals surface area (Å²) in [6.07, 6.45) is 5.10. The predicted octanol–water partition coefficient (Wildman–Crippen LogP) is 1.25. The van der Waals surface area contributed by atoms with Crippen LogP contribution in [0.15, 0.2) is 18.5 Å². The van der Waals surface area contributed by atoms with E-state index in [1.54, 1.807) is 12.4 Å². The molecule has 0 aliphatic rings. The van der Waals surface area contributed by atoms with Crippen molar-refractivity contribution in [2.45, 2.75) is 19.3 Å². The highest BCUT2D eigenvalue weighted by Gasteiger charge is 2.07. The summed E-state index contributed by atoms with van der Waals surface area (Å²) in [4.78, 5) is 17.5. The number of rotatable bonds is 6. The molecule has 5 heteroatoms. The standard InChI is InChI=1S/C12H19N3O2/c1-15(2)11-6-7-13-9-10(11)14-12(17)5-3-4-8-16/h6-7,9,16H,3-5,8H2,1-2H3,(H,14,17). The molecule has 1 rings (SSSR count). The second-order valence-corrected chi connectivity index (χ2v) is 4.02. The lowest BCUT2D eigenvalue weighted by atomic mass is 10.2. The van der Waals surface area contributed by atoms with E-state index in [9.17, 15) is 4.79 Å². The lowest BCUT2D eigenvalue weighted by Gasteiger charge is -2.17. The van der Waals surface area contributed by atoms with Gasteiger partial charge in [0.15, 0.2) is 0 Å². The van der Waals surface area contributed by atoms with E-state index < -0.39 is 0 Å². The number of carbonyl (C=O) groups is 1. The zero-order valence-electron chi connectivity index (χ0n) is 10.3. The number of hydrogen-bond acceptors (Lipinski definition) is 4. The molecule has 0 fully saturated rings. The summed E-state index contributed by atoms with van der Waals surface area (Å²) in [6.45, 7) is 0.128. The van der Waals surface area contributed by atoms with Gasteiger partial charge in [-0.05, 0) is 18.9 Å². The van der Waals surface area contributed by atoms with Gasteiger partial charge in [0.05, 0.1) is 17.6 Å². The van der Waals surface area contributed by atoms with Crippen molar-refractivity contribution < 1.29 is 9.90 Å². The highest BCUT2D eigenvalue weighted by Crippen LogP contribution is 2.22. The van der Waals surface area contributed by atoms with Crippen LogP contribution in [0.5, 0.6) is 0 Å². The smallest absolute Gasteiger partial charge is 0.224 e. The lowest BCUT2D eigenvalue weighted by molar-refractivity contribution is -0.116. The number of unbranched alkanes of at least 4 members (excludes halogenated alkanes) is 1. The number of aliphatic hydroxyl groups is 1. The van der Waals surface area contributed by atoms with E-state index in [2.05, 4.69) is 10.3 Å². The van der Waals surface area contributed by atoms with Crippen LogP contribution in [0.3, 0.4) is 0 Å². The first-order chi connectivity index (χ1) is 8.15. The fourth-order valence-electron chi connectivity index (χ4n) is 1.48. The van der Waals surface area contributed by atoms with Gasteiger partial charge in [0, 0.05) is 33.3 Å². The molecule has 0 saturated heterocycles. The Hall–Kier alpha value is -1.62. The monoisotopic (exact) mass is 237 g/mol. The fourth-order valence-corrected chi connectivity index (χ4v) is 1.48. The average Bonchev–Trinajstić information content (AvgIpc) is 2.29. The van der Waals surface area contributed by atoms with Crippen LogP contribution < -0.4 is 10.2 Å². The number of anilines is 2. The topological polar surface area (TPSA) is 65.5 Å². The van der Waals surface area contributed by atoms with Gasteiger partial charge in [-0.3, -0.25) is 9.78 Å². The molecule has 2 N–H and O–H groups in total. The van der Waals surface area contributed by atoms with E-state index in [1.807, 2.05) is 25.1 Å². The second-order valence-electron chi connectivity index (χ2n) is 4.02. The molecule has 0 aliphatic carbocycles. The molecule has 0 atom stereocenters. The molecule has 0 radical (unpaired) electrons. The van der Waals surface area contributed by atoms with Gasteiger partial charge >= 0.3 is 0 Å². The minimum absolute atomic E-state index is 0.0467. The highest BCUT2D eigenvalue weighted by atomic mass is 16.2. The van der Waals surface area contributed by atoms with Crippen LogP contribution in [0.2, 0.25) is 0 Å². The molecule has 0 bridgehead atoms. The van der Waals surface area contributed by atoms with Crippen LogP contribution in [0.1, 0.15) is 19.3 Å². The first-order valence-corrected chi connectivity index (χ1v) is 5.67. The molecule has 1 aromatic rings. The molecule has 94 valence electrons. The second kappa shape index (κ2) is 6.85. The molecule has 1 amide bonds. The molecule has 17 heavy (non-hydrogen) atoms.